The summed E-state index contributed by atoms with van der Waals surface area (Å²) in [6, 6.07) is 0. The van der Waals surface area contributed by atoms with Crippen LogP contribution in [0.3, 0.4) is 0 Å². The minimum atomic E-state index is -0.0352. The van der Waals surface area contributed by atoms with Crippen LogP contribution < -0.4 is 0 Å². The van der Waals surface area contributed by atoms with E-state index in [1.165, 1.54) is 75.5 Å². The first-order valence-electron chi connectivity index (χ1n) is 21.4. The lowest BCUT2D eigenvalue weighted by atomic mass is 9.89. The fourth-order valence-electron chi connectivity index (χ4n) is 6.59. The average molecular weight is 749 g/mol. The van der Waals surface area contributed by atoms with Crippen LogP contribution in [-0.4, -0.2) is 11.6 Å². The van der Waals surface area contributed by atoms with Crippen LogP contribution in [0, 0.1) is 0 Å². The molecule has 1 aliphatic rings. The minimum absolute atomic E-state index is 0.00932. The number of Topliss-reactive ketones (excluding diaryl/α,β-unsaturated/α-hetero) is 1. The molecule has 0 aromatic rings. The van der Waals surface area contributed by atoms with Crippen molar-refractivity contribution in [2.24, 2.45) is 0 Å². The third kappa shape index (κ3) is 24.6. The molecule has 0 heterocycles. The van der Waals surface area contributed by atoms with E-state index < -0.39 is 0 Å². The first-order valence-corrected chi connectivity index (χ1v) is 21.4. The minimum Gasteiger partial charge on any atom is -0.290 e. The van der Waals surface area contributed by atoms with Gasteiger partial charge in [0.15, 0.2) is 11.6 Å². The lowest BCUT2D eigenvalue weighted by Gasteiger charge is -2.13. The number of rotatable bonds is 26. The summed E-state index contributed by atoms with van der Waals surface area (Å²) in [6.07, 6.45) is 41.5. The third-order valence-electron chi connectivity index (χ3n) is 10.9. The van der Waals surface area contributed by atoms with Crippen LogP contribution in [0.15, 0.2) is 128 Å². The van der Waals surface area contributed by atoms with Crippen LogP contribution in [0.1, 0.15) is 192 Å². The molecule has 0 amide bonds. The molecule has 0 aromatic carbocycles. The molecule has 0 saturated carbocycles. The van der Waals surface area contributed by atoms with Gasteiger partial charge in [-0.3, -0.25) is 9.59 Å². The second-order valence-corrected chi connectivity index (χ2v) is 16.8. The largest absolute Gasteiger partial charge is 0.290 e. The van der Waals surface area contributed by atoms with Gasteiger partial charge >= 0.3 is 0 Å². The lowest BCUT2D eigenvalue weighted by Crippen LogP contribution is -2.16. The molecule has 1 aliphatic carbocycles. The standard InChI is InChI=1S/C53H80O2/c1-40(2)21-13-22-41(3)23-14-24-42(4)25-15-26-43(5)27-16-28-44(6)29-17-30-45(7)31-18-32-46(8)33-19-34-47(9)35-20-36-48(10)37-38-51-39-52(54)49(11)50(12)53(51)55/h21,23,25,27,29,31,33,35,37,39H,13-20,22,24,26,28,30,32,34,36,38H2,1-12H3/b41-23+,42-25+,43-27-,44-29+,45-31+,46-33+,47-35+,48-37+. The predicted molar refractivity (Wildman–Crippen MR) is 244 cm³/mol. The monoisotopic (exact) mass is 749 g/mol. The normalized spacial score (nSPS) is 16.0. The molecule has 0 fully saturated rings. The van der Waals surface area contributed by atoms with E-state index in [0.717, 1.165) is 83.5 Å². The Hall–Kier alpha value is -3.52. The molecule has 0 atom stereocenters. The lowest BCUT2D eigenvalue weighted by molar-refractivity contribution is -0.115. The summed E-state index contributed by atoms with van der Waals surface area (Å²) in [5.41, 5.74) is 14.9. The Kier molecular flexibility index (Phi) is 25.9. The summed E-state index contributed by atoms with van der Waals surface area (Å²) < 4.78 is 0. The molecule has 0 radical (unpaired) electrons. The number of hydrogen-bond acceptors (Lipinski definition) is 2. The number of ketones is 2. The molecule has 2 nitrogen and oxygen atoms in total. The van der Waals surface area contributed by atoms with Gasteiger partial charge in [-0.2, -0.15) is 0 Å². The first-order chi connectivity index (χ1) is 26.1. The molecule has 0 aromatic heterocycles. The van der Waals surface area contributed by atoms with Crippen molar-refractivity contribution in [2.75, 3.05) is 0 Å². The average Bonchev–Trinajstić information content (AvgIpc) is 3.11. The van der Waals surface area contributed by atoms with Gasteiger partial charge in [0.25, 0.3) is 0 Å². The number of hydrogen-bond donors (Lipinski definition) is 0. The first kappa shape index (κ1) is 49.5. The molecule has 1 rings (SSSR count). The van der Waals surface area contributed by atoms with Gasteiger partial charge in [0.1, 0.15) is 0 Å². The maximum atomic E-state index is 12.5. The highest BCUT2D eigenvalue weighted by Gasteiger charge is 2.22. The van der Waals surface area contributed by atoms with Crippen LogP contribution in [0.25, 0.3) is 0 Å². The number of carbonyl (C=O) groups is 2. The zero-order valence-electron chi connectivity index (χ0n) is 37.6. The van der Waals surface area contributed by atoms with Crippen molar-refractivity contribution < 1.29 is 9.59 Å². The van der Waals surface area contributed by atoms with Gasteiger partial charge in [-0.05, 0) is 198 Å². The fraction of sp³-hybridized carbons (Fsp3) is 0.547. The summed E-state index contributed by atoms with van der Waals surface area (Å²) in [6.45, 7) is 25.9. The van der Waals surface area contributed by atoms with E-state index in [1.807, 2.05) is 0 Å². The zero-order valence-corrected chi connectivity index (χ0v) is 37.6. The van der Waals surface area contributed by atoms with E-state index in [4.69, 9.17) is 0 Å². The van der Waals surface area contributed by atoms with Crippen molar-refractivity contribution in [1.82, 2.24) is 0 Å². The Bertz CT molecular complexity index is 1590. The summed E-state index contributed by atoms with van der Waals surface area (Å²) >= 11 is 0. The van der Waals surface area contributed by atoms with E-state index in [0.29, 0.717) is 23.1 Å². The number of allylic oxidation sites excluding steroid dienone is 22. The Balaban J connectivity index is 2.27. The molecule has 2 heteroatoms. The van der Waals surface area contributed by atoms with E-state index in [2.05, 4.69) is 124 Å². The van der Waals surface area contributed by atoms with Crippen LogP contribution in [0.2, 0.25) is 0 Å². The molecule has 304 valence electrons. The maximum Gasteiger partial charge on any atom is 0.185 e. The summed E-state index contributed by atoms with van der Waals surface area (Å²) in [5.74, 6) is -0.0259. The highest BCUT2D eigenvalue weighted by molar-refractivity contribution is 6.22. The molecule has 0 bridgehead atoms. The Labute approximate surface area is 339 Å². The van der Waals surface area contributed by atoms with Gasteiger partial charge in [0.05, 0.1) is 0 Å². The summed E-state index contributed by atoms with van der Waals surface area (Å²) in [5, 5.41) is 0. The van der Waals surface area contributed by atoms with Crippen molar-refractivity contribution >= 4 is 11.6 Å². The van der Waals surface area contributed by atoms with Crippen molar-refractivity contribution in [3.63, 3.8) is 0 Å². The quantitative estimate of drug-likeness (QED) is 0.0652. The van der Waals surface area contributed by atoms with E-state index in [1.54, 1.807) is 13.8 Å². The third-order valence-corrected chi connectivity index (χ3v) is 10.9. The van der Waals surface area contributed by atoms with Crippen molar-refractivity contribution in [2.45, 2.75) is 192 Å². The topological polar surface area (TPSA) is 34.1 Å². The van der Waals surface area contributed by atoms with Crippen LogP contribution in [0.4, 0.5) is 0 Å². The van der Waals surface area contributed by atoms with Crippen molar-refractivity contribution in [1.29, 1.82) is 0 Å². The van der Waals surface area contributed by atoms with E-state index >= 15 is 0 Å². The summed E-state index contributed by atoms with van der Waals surface area (Å²) in [7, 11) is 0. The van der Waals surface area contributed by atoms with Gasteiger partial charge < -0.3 is 0 Å². The second kappa shape index (κ2) is 28.8. The molecule has 0 N–H and O–H groups in total. The fourth-order valence-corrected chi connectivity index (χ4v) is 6.59. The van der Waals surface area contributed by atoms with Crippen molar-refractivity contribution in [3.8, 4) is 0 Å². The highest BCUT2D eigenvalue weighted by Crippen LogP contribution is 2.23. The van der Waals surface area contributed by atoms with Gasteiger partial charge in [-0.25, -0.2) is 0 Å². The summed E-state index contributed by atoms with van der Waals surface area (Å²) in [4.78, 5) is 24.6. The van der Waals surface area contributed by atoms with Crippen LogP contribution in [-0.2, 0) is 9.59 Å². The molecule has 55 heavy (non-hydrogen) atoms. The molecular weight excluding hydrogens is 669 g/mol. The molecule has 0 unspecified atom stereocenters. The zero-order chi connectivity index (χ0) is 41.2. The van der Waals surface area contributed by atoms with Gasteiger partial charge in [-0.15, -0.1) is 0 Å². The number of carbonyl (C=O) groups excluding carboxylic acids is 2. The maximum absolute atomic E-state index is 12.5. The molecule has 0 spiro atoms. The van der Waals surface area contributed by atoms with E-state index in [9.17, 15) is 9.59 Å². The molecular formula is C53H80O2. The Morgan fingerprint density at radius 3 is 0.909 bits per heavy atom. The highest BCUT2D eigenvalue weighted by atomic mass is 16.1. The second-order valence-electron chi connectivity index (χ2n) is 16.8. The Morgan fingerprint density at radius 2 is 0.636 bits per heavy atom. The molecule has 0 aliphatic heterocycles. The van der Waals surface area contributed by atoms with Crippen molar-refractivity contribution in [3.05, 3.63) is 128 Å². The SMILES string of the molecule is CC(C)=CCC/C(C)=C/CC/C(C)=C/CC/C(C)=C\CC/C(C)=C/CC/C(C)=C/CC/C(C)=C/CC/C(C)=C/CC/C(C)=C/CC1=CC(=O)C(C)=C(C)C1=O. The van der Waals surface area contributed by atoms with Crippen LogP contribution in [0.5, 0.6) is 0 Å². The predicted octanol–water partition coefficient (Wildman–Crippen LogP) is 16.6. The molecule has 0 saturated heterocycles. The van der Waals surface area contributed by atoms with Crippen LogP contribution >= 0.6 is 0 Å². The smallest absolute Gasteiger partial charge is 0.185 e. The van der Waals surface area contributed by atoms with Gasteiger partial charge in [-0.1, -0.05) is 105 Å². The van der Waals surface area contributed by atoms with Gasteiger partial charge in [0, 0.05) is 16.7 Å². The van der Waals surface area contributed by atoms with Gasteiger partial charge in [0.2, 0.25) is 0 Å². The van der Waals surface area contributed by atoms with E-state index in [-0.39, 0.29) is 11.6 Å². The Morgan fingerprint density at radius 1 is 0.382 bits per heavy atom.